The smallest absolute Gasteiger partial charge is 0.264 e. The molecule has 0 aliphatic rings. The lowest BCUT2D eigenvalue weighted by molar-refractivity contribution is -0.140. The van der Waals surface area contributed by atoms with E-state index in [-0.39, 0.29) is 23.4 Å². The van der Waals surface area contributed by atoms with Crippen molar-refractivity contribution in [3.63, 3.8) is 0 Å². The third-order valence-corrected chi connectivity index (χ3v) is 9.16. The number of rotatable bonds is 12. The number of carbonyl (C=O) groups is 2. The van der Waals surface area contributed by atoms with Gasteiger partial charge in [-0.25, -0.2) is 8.42 Å². The lowest BCUT2D eigenvalue weighted by Gasteiger charge is -2.34. The van der Waals surface area contributed by atoms with E-state index in [1.165, 1.54) is 9.21 Å². The molecular weight excluding hydrogens is 534 g/mol. The summed E-state index contributed by atoms with van der Waals surface area (Å²) in [7, 11) is -4.10. The van der Waals surface area contributed by atoms with Crippen molar-refractivity contribution in [3.8, 4) is 0 Å². The van der Waals surface area contributed by atoms with Gasteiger partial charge in [0, 0.05) is 12.6 Å². The number of nitrogens with zero attached hydrogens (tertiary/aromatic N) is 2. The van der Waals surface area contributed by atoms with Crippen LogP contribution in [0.2, 0.25) is 0 Å². The van der Waals surface area contributed by atoms with Crippen LogP contribution in [-0.4, -0.2) is 43.8 Å². The minimum atomic E-state index is -4.10. The van der Waals surface area contributed by atoms with Crippen LogP contribution in [0.1, 0.15) is 61.4 Å². The summed E-state index contributed by atoms with van der Waals surface area (Å²) in [5, 5.41) is 3.01. The second kappa shape index (κ2) is 13.8. The zero-order valence-corrected chi connectivity index (χ0v) is 26.1. The van der Waals surface area contributed by atoms with Gasteiger partial charge in [-0.3, -0.25) is 13.9 Å². The highest BCUT2D eigenvalue weighted by molar-refractivity contribution is 7.92. The first-order valence-corrected chi connectivity index (χ1v) is 15.6. The lowest BCUT2D eigenvalue weighted by Crippen LogP contribution is -2.53. The van der Waals surface area contributed by atoms with Crippen LogP contribution in [0, 0.1) is 27.7 Å². The lowest BCUT2D eigenvalue weighted by atomic mass is 10.1. The van der Waals surface area contributed by atoms with Gasteiger partial charge in [0.25, 0.3) is 10.0 Å². The van der Waals surface area contributed by atoms with Gasteiger partial charge in [-0.2, -0.15) is 0 Å². The van der Waals surface area contributed by atoms with E-state index in [0.717, 1.165) is 34.2 Å². The van der Waals surface area contributed by atoms with Crippen LogP contribution in [-0.2, 0) is 26.2 Å². The van der Waals surface area contributed by atoms with Gasteiger partial charge in [0.15, 0.2) is 0 Å². The maximum Gasteiger partial charge on any atom is 0.264 e. The van der Waals surface area contributed by atoms with Gasteiger partial charge >= 0.3 is 0 Å². The van der Waals surface area contributed by atoms with Crippen LogP contribution in [0.5, 0.6) is 0 Å². The summed E-state index contributed by atoms with van der Waals surface area (Å²) < 4.78 is 29.3. The second-order valence-corrected chi connectivity index (χ2v) is 12.7. The highest BCUT2D eigenvalue weighted by Gasteiger charge is 2.34. The number of benzene rings is 3. The first kappa shape index (κ1) is 31.9. The van der Waals surface area contributed by atoms with Crippen LogP contribution < -0.4 is 9.62 Å². The highest BCUT2D eigenvalue weighted by atomic mass is 32.2. The zero-order chi connectivity index (χ0) is 30.3. The molecule has 220 valence electrons. The standard InChI is InChI=1S/C33H43N3O4S/c1-8-27(7)34-33(38)31(9-2)35(21-28-13-11-10-12-26(28)6)32(37)22-36(29-19-24(4)18-25(5)20-29)41(39,40)30-16-14-23(3)15-17-30/h10-20,27,31H,8-9,21-22H2,1-7H3,(H,34,38)/t27-,31+/m0/s1. The molecule has 0 aromatic heterocycles. The Hall–Kier alpha value is -3.65. The monoisotopic (exact) mass is 577 g/mol. The van der Waals surface area contributed by atoms with E-state index >= 15 is 0 Å². The van der Waals surface area contributed by atoms with Crippen molar-refractivity contribution >= 4 is 27.5 Å². The number of hydrogen-bond acceptors (Lipinski definition) is 4. The van der Waals surface area contributed by atoms with Crippen molar-refractivity contribution in [2.75, 3.05) is 10.8 Å². The van der Waals surface area contributed by atoms with Crippen LogP contribution in [0.15, 0.2) is 71.6 Å². The highest BCUT2D eigenvalue weighted by Crippen LogP contribution is 2.27. The molecule has 0 saturated carbocycles. The van der Waals surface area contributed by atoms with E-state index < -0.39 is 28.5 Å². The molecule has 0 aliphatic carbocycles. The van der Waals surface area contributed by atoms with E-state index in [4.69, 9.17) is 0 Å². The Balaban J connectivity index is 2.10. The summed E-state index contributed by atoms with van der Waals surface area (Å²) in [6.45, 7) is 13.2. The van der Waals surface area contributed by atoms with E-state index in [2.05, 4.69) is 5.32 Å². The normalized spacial score (nSPS) is 12.9. The van der Waals surface area contributed by atoms with Crippen molar-refractivity contribution in [2.45, 2.75) is 84.8 Å². The van der Waals surface area contributed by atoms with Gasteiger partial charge in [0.1, 0.15) is 12.6 Å². The summed E-state index contributed by atoms with van der Waals surface area (Å²) in [5.41, 5.74) is 4.99. The Kier molecular flexibility index (Phi) is 10.7. The summed E-state index contributed by atoms with van der Waals surface area (Å²) in [4.78, 5) is 29.3. The molecule has 8 heteroatoms. The summed E-state index contributed by atoms with van der Waals surface area (Å²) in [6.07, 6.45) is 1.14. The van der Waals surface area contributed by atoms with E-state index in [1.807, 2.05) is 78.8 Å². The topological polar surface area (TPSA) is 86.8 Å². The number of aryl methyl sites for hydroxylation is 4. The minimum absolute atomic E-state index is 0.0550. The number of sulfonamides is 1. The Labute approximate surface area is 245 Å². The molecule has 3 aromatic rings. The molecule has 0 unspecified atom stereocenters. The summed E-state index contributed by atoms with van der Waals surface area (Å²) in [5.74, 6) is -0.697. The van der Waals surface area contributed by atoms with Gasteiger partial charge in [0.2, 0.25) is 11.8 Å². The van der Waals surface area contributed by atoms with Crippen molar-refractivity contribution in [2.24, 2.45) is 0 Å². The predicted molar refractivity (Wildman–Crippen MR) is 165 cm³/mol. The molecule has 3 rings (SSSR count). The molecule has 0 aliphatic heterocycles. The first-order valence-electron chi connectivity index (χ1n) is 14.2. The van der Waals surface area contributed by atoms with Gasteiger partial charge in [-0.05, 0) is 94.0 Å². The molecule has 0 heterocycles. The fraction of sp³-hybridized carbons (Fsp3) is 0.394. The number of nitrogens with one attached hydrogen (secondary N) is 1. The Bertz CT molecular complexity index is 1450. The van der Waals surface area contributed by atoms with Gasteiger partial charge < -0.3 is 10.2 Å². The maximum atomic E-state index is 14.2. The van der Waals surface area contributed by atoms with Crippen LogP contribution in [0.4, 0.5) is 5.69 Å². The molecule has 0 saturated heterocycles. The molecule has 2 amide bonds. The van der Waals surface area contributed by atoms with Crippen molar-refractivity contribution in [3.05, 3.63) is 94.5 Å². The Morgan fingerprint density at radius 3 is 2.00 bits per heavy atom. The maximum absolute atomic E-state index is 14.2. The molecule has 0 fully saturated rings. The third kappa shape index (κ3) is 7.97. The molecular formula is C33H43N3O4S. The molecule has 7 nitrogen and oxygen atoms in total. The quantitative estimate of drug-likeness (QED) is 0.293. The molecule has 0 radical (unpaired) electrons. The van der Waals surface area contributed by atoms with Crippen LogP contribution >= 0.6 is 0 Å². The third-order valence-electron chi connectivity index (χ3n) is 7.37. The van der Waals surface area contributed by atoms with Crippen molar-refractivity contribution in [1.29, 1.82) is 0 Å². The summed E-state index contributed by atoms with van der Waals surface area (Å²) in [6, 6.07) is 19.0. The molecule has 0 bridgehead atoms. The van der Waals surface area contributed by atoms with Gasteiger partial charge in [0.05, 0.1) is 10.6 Å². The number of amides is 2. The SMILES string of the molecule is CC[C@H](C(=O)N[C@@H](C)CC)N(Cc1ccccc1C)C(=O)CN(c1cc(C)cc(C)c1)S(=O)(=O)c1ccc(C)cc1. The summed E-state index contributed by atoms with van der Waals surface area (Å²) >= 11 is 0. The van der Waals surface area contributed by atoms with Crippen molar-refractivity contribution in [1.82, 2.24) is 10.2 Å². The second-order valence-electron chi connectivity index (χ2n) is 10.9. The van der Waals surface area contributed by atoms with E-state index in [1.54, 1.807) is 36.4 Å². The fourth-order valence-electron chi connectivity index (χ4n) is 4.79. The fourth-order valence-corrected chi connectivity index (χ4v) is 6.19. The average Bonchev–Trinajstić information content (AvgIpc) is 2.92. The average molecular weight is 578 g/mol. The molecule has 41 heavy (non-hydrogen) atoms. The molecule has 2 atom stereocenters. The van der Waals surface area contributed by atoms with E-state index in [9.17, 15) is 18.0 Å². The van der Waals surface area contributed by atoms with Gasteiger partial charge in [-0.15, -0.1) is 0 Å². The zero-order valence-electron chi connectivity index (χ0n) is 25.3. The molecule has 0 spiro atoms. The first-order chi connectivity index (χ1) is 19.4. The largest absolute Gasteiger partial charge is 0.352 e. The Morgan fingerprint density at radius 2 is 1.44 bits per heavy atom. The van der Waals surface area contributed by atoms with Crippen LogP contribution in [0.3, 0.4) is 0 Å². The van der Waals surface area contributed by atoms with E-state index in [0.29, 0.717) is 12.1 Å². The van der Waals surface area contributed by atoms with Crippen molar-refractivity contribution < 1.29 is 18.0 Å². The number of hydrogen-bond donors (Lipinski definition) is 1. The molecule has 1 N–H and O–H groups in total. The number of anilines is 1. The predicted octanol–water partition coefficient (Wildman–Crippen LogP) is 5.84. The van der Waals surface area contributed by atoms with Crippen LogP contribution in [0.25, 0.3) is 0 Å². The molecule has 3 aromatic carbocycles. The minimum Gasteiger partial charge on any atom is -0.352 e. The van der Waals surface area contributed by atoms with Gasteiger partial charge in [-0.1, -0.05) is 61.9 Å². The number of carbonyl (C=O) groups excluding carboxylic acids is 2. The Morgan fingerprint density at radius 1 is 0.829 bits per heavy atom.